The molecule has 0 aromatic heterocycles. The highest BCUT2D eigenvalue weighted by Gasteiger charge is 2.48. The number of Topliss-reactive ketones (excluding diaryl/α,β-unsaturated/α-hetero) is 1. The fourth-order valence-electron chi connectivity index (χ4n) is 7.23. The van der Waals surface area contributed by atoms with Crippen LogP contribution in [-0.4, -0.2) is 71.1 Å². The van der Waals surface area contributed by atoms with Crippen LogP contribution in [0.3, 0.4) is 0 Å². The van der Waals surface area contributed by atoms with Crippen molar-refractivity contribution in [3.63, 3.8) is 0 Å². The Labute approximate surface area is 290 Å². The summed E-state index contributed by atoms with van der Waals surface area (Å²) in [5, 5.41) is 8.46. The number of benzene rings is 1. The molecule has 0 spiro atoms. The first kappa shape index (κ1) is 37.9. The number of ether oxygens (including phenoxy) is 1. The molecule has 1 aromatic rings. The van der Waals surface area contributed by atoms with Crippen LogP contribution in [0.1, 0.15) is 98.0 Å². The molecule has 12 nitrogen and oxygen atoms in total. The number of amides is 5. The summed E-state index contributed by atoms with van der Waals surface area (Å²) in [6.45, 7) is 9.79. The Balaban J connectivity index is 1.51. The third-order valence-corrected chi connectivity index (χ3v) is 10.3. The normalized spacial score (nSPS) is 21.7. The molecule has 2 saturated carbocycles. The molecule has 1 saturated heterocycles. The monoisotopic (exact) mass is 681 g/mol. The van der Waals surface area contributed by atoms with Gasteiger partial charge in [0.2, 0.25) is 17.6 Å². The summed E-state index contributed by atoms with van der Waals surface area (Å²) in [7, 11) is 0. The summed E-state index contributed by atoms with van der Waals surface area (Å²) in [4.78, 5) is 81.3. The largest absolute Gasteiger partial charge is 0.459 e. The molecule has 5 N–H and O–H groups in total. The standard InChI is InChI=1S/C37H55N5O7/c1-22(2)26-18-19-42(29(26)33(45)39-27(20-23-16-17-23)30(43)32(38)44)34(46)31(37(3,4)5)41-36(48)40-28(25-14-10-7-11-15-25)35(47)49-21-24-12-8-6-9-13-24/h6,8-9,12-13,22-23,25-29,31H,7,10-11,14-21H2,1-5H3,(H2,38,44)(H,39,45)(H2,40,41,48)/t26?,27?,28-,29-,31+/m0/s1. The lowest BCUT2D eigenvalue weighted by Gasteiger charge is -2.37. The molecule has 0 radical (unpaired) electrons. The Morgan fingerprint density at radius 1 is 0.898 bits per heavy atom. The number of ketones is 1. The van der Waals surface area contributed by atoms with Crippen LogP contribution in [0.25, 0.3) is 0 Å². The summed E-state index contributed by atoms with van der Waals surface area (Å²) >= 11 is 0. The molecule has 3 aliphatic rings. The number of primary amides is 1. The summed E-state index contributed by atoms with van der Waals surface area (Å²) < 4.78 is 5.66. The van der Waals surface area contributed by atoms with Crippen molar-refractivity contribution in [2.45, 2.75) is 123 Å². The number of nitrogens with two attached hydrogens (primary N) is 1. The van der Waals surface area contributed by atoms with E-state index in [2.05, 4.69) is 16.0 Å². The van der Waals surface area contributed by atoms with Crippen LogP contribution >= 0.6 is 0 Å². The highest BCUT2D eigenvalue weighted by Crippen LogP contribution is 2.36. The van der Waals surface area contributed by atoms with Crippen molar-refractivity contribution >= 4 is 35.5 Å². The molecule has 0 bridgehead atoms. The summed E-state index contributed by atoms with van der Waals surface area (Å²) in [5.41, 5.74) is 5.38. The first-order chi connectivity index (χ1) is 23.2. The second-order valence-corrected chi connectivity index (χ2v) is 15.5. The Morgan fingerprint density at radius 2 is 1.55 bits per heavy atom. The molecule has 5 atom stereocenters. The molecule has 4 rings (SSSR count). The first-order valence-corrected chi connectivity index (χ1v) is 17.9. The maximum Gasteiger partial charge on any atom is 0.329 e. The SMILES string of the molecule is CC(C)C1CCN(C(=O)[C@@H](NC(=O)N[C@H](C(=O)OCc2ccccc2)C2CCCCC2)C(C)(C)C)[C@@H]1C(=O)NC(CC1CC1)C(=O)C(N)=O. The van der Waals surface area contributed by atoms with E-state index >= 15 is 0 Å². The molecule has 1 aliphatic heterocycles. The van der Waals surface area contributed by atoms with Crippen LogP contribution < -0.4 is 21.7 Å². The third-order valence-electron chi connectivity index (χ3n) is 10.3. The predicted molar refractivity (Wildman–Crippen MR) is 183 cm³/mol. The van der Waals surface area contributed by atoms with Gasteiger partial charge in [0.15, 0.2) is 0 Å². The van der Waals surface area contributed by atoms with E-state index in [9.17, 15) is 28.8 Å². The summed E-state index contributed by atoms with van der Waals surface area (Å²) in [6, 6.07) is 4.77. The Morgan fingerprint density at radius 3 is 2.12 bits per heavy atom. The van der Waals surface area contributed by atoms with Crippen LogP contribution in [-0.2, 0) is 35.3 Å². The van der Waals surface area contributed by atoms with Crippen LogP contribution in [0.15, 0.2) is 30.3 Å². The van der Waals surface area contributed by atoms with Crippen LogP contribution in [0.2, 0.25) is 0 Å². The Bertz CT molecular complexity index is 1350. The van der Waals surface area contributed by atoms with Gasteiger partial charge < -0.3 is 31.3 Å². The molecule has 270 valence electrons. The second kappa shape index (κ2) is 16.6. The minimum atomic E-state index is -1.11. The summed E-state index contributed by atoms with van der Waals surface area (Å²) in [6.07, 6.45) is 7.20. The molecule has 1 aromatic carbocycles. The fraction of sp³-hybridized carbons (Fsp3) is 0.676. The highest BCUT2D eigenvalue weighted by atomic mass is 16.5. The van der Waals surface area contributed by atoms with Crippen molar-refractivity contribution in [2.24, 2.45) is 34.8 Å². The minimum absolute atomic E-state index is 0.0322. The molecule has 12 heteroatoms. The molecule has 49 heavy (non-hydrogen) atoms. The lowest BCUT2D eigenvalue weighted by Crippen LogP contribution is -2.62. The molecular weight excluding hydrogens is 626 g/mol. The Kier molecular flexibility index (Phi) is 12.8. The maximum atomic E-state index is 14.4. The van der Waals surface area contributed by atoms with Crippen molar-refractivity contribution in [1.82, 2.24) is 20.9 Å². The number of hydrogen-bond acceptors (Lipinski definition) is 7. The second-order valence-electron chi connectivity index (χ2n) is 15.5. The predicted octanol–water partition coefficient (Wildman–Crippen LogP) is 3.61. The molecular formula is C37H55N5O7. The van der Waals surface area contributed by atoms with Crippen LogP contribution in [0.4, 0.5) is 4.79 Å². The van der Waals surface area contributed by atoms with Gasteiger partial charge in [0.1, 0.15) is 24.7 Å². The number of nitrogens with zero attached hydrogens (tertiary/aromatic N) is 1. The van der Waals surface area contributed by atoms with Gasteiger partial charge in [0.25, 0.3) is 5.91 Å². The van der Waals surface area contributed by atoms with E-state index in [0.29, 0.717) is 12.8 Å². The van der Waals surface area contributed by atoms with E-state index in [-0.39, 0.29) is 36.8 Å². The third kappa shape index (κ3) is 10.3. The Hall–Kier alpha value is -3.96. The van der Waals surface area contributed by atoms with E-state index in [1.165, 1.54) is 4.90 Å². The van der Waals surface area contributed by atoms with Gasteiger partial charge in [-0.3, -0.25) is 19.2 Å². The van der Waals surface area contributed by atoms with Gasteiger partial charge in [-0.05, 0) is 60.3 Å². The van der Waals surface area contributed by atoms with Gasteiger partial charge in [-0.15, -0.1) is 0 Å². The van der Waals surface area contributed by atoms with Crippen molar-refractivity contribution in [3.05, 3.63) is 35.9 Å². The average Bonchev–Trinajstić information content (AvgIpc) is 3.77. The number of carbonyl (C=O) groups excluding carboxylic acids is 6. The van der Waals surface area contributed by atoms with Crippen molar-refractivity contribution in [3.8, 4) is 0 Å². The van der Waals surface area contributed by atoms with Gasteiger partial charge in [-0.2, -0.15) is 0 Å². The zero-order valence-corrected chi connectivity index (χ0v) is 29.7. The molecule has 1 heterocycles. The van der Waals surface area contributed by atoms with Crippen molar-refractivity contribution in [1.29, 1.82) is 0 Å². The summed E-state index contributed by atoms with van der Waals surface area (Å²) in [5.74, 6) is -3.47. The van der Waals surface area contributed by atoms with Gasteiger partial charge in [-0.1, -0.05) is 97.1 Å². The van der Waals surface area contributed by atoms with Gasteiger partial charge in [0, 0.05) is 6.54 Å². The van der Waals surface area contributed by atoms with Crippen LogP contribution in [0, 0.1) is 29.1 Å². The number of nitrogens with one attached hydrogen (secondary N) is 3. The van der Waals surface area contributed by atoms with E-state index in [1.807, 2.05) is 65.0 Å². The van der Waals surface area contributed by atoms with Crippen molar-refractivity contribution in [2.75, 3.05) is 6.54 Å². The lowest BCUT2D eigenvalue weighted by molar-refractivity contribution is -0.149. The highest BCUT2D eigenvalue weighted by molar-refractivity contribution is 6.37. The fourth-order valence-corrected chi connectivity index (χ4v) is 7.23. The van der Waals surface area contributed by atoms with Gasteiger partial charge in [0.05, 0.1) is 6.04 Å². The van der Waals surface area contributed by atoms with E-state index in [4.69, 9.17) is 10.5 Å². The van der Waals surface area contributed by atoms with Crippen LogP contribution in [0.5, 0.6) is 0 Å². The number of hydrogen-bond donors (Lipinski definition) is 4. The molecule has 2 aliphatic carbocycles. The minimum Gasteiger partial charge on any atom is -0.459 e. The van der Waals surface area contributed by atoms with E-state index < -0.39 is 65.1 Å². The number of likely N-dealkylation sites (tertiary alicyclic amines) is 1. The van der Waals surface area contributed by atoms with E-state index in [1.54, 1.807) is 0 Å². The topological polar surface area (TPSA) is 177 Å². The number of rotatable bonds is 14. The number of carbonyl (C=O) groups is 6. The molecule has 3 fully saturated rings. The van der Waals surface area contributed by atoms with Gasteiger partial charge in [-0.25, -0.2) is 9.59 Å². The maximum absolute atomic E-state index is 14.4. The molecule has 5 amide bonds. The van der Waals surface area contributed by atoms with E-state index in [0.717, 1.165) is 50.5 Å². The lowest BCUT2D eigenvalue weighted by atomic mass is 9.83. The zero-order valence-electron chi connectivity index (χ0n) is 29.7. The molecule has 2 unspecified atom stereocenters. The van der Waals surface area contributed by atoms with Crippen molar-refractivity contribution < 1.29 is 33.5 Å². The smallest absolute Gasteiger partial charge is 0.329 e. The number of urea groups is 1. The quantitative estimate of drug-likeness (QED) is 0.171. The first-order valence-electron chi connectivity index (χ1n) is 17.9. The zero-order chi connectivity index (χ0) is 35.9. The number of esters is 1. The average molecular weight is 682 g/mol. The van der Waals surface area contributed by atoms with Gasteiger partial charge >= 0.3 is 12.0 Å².